The smallest absolute Gasteiger partial charge is 0.250 e. The van der Waals surface area contributed by atoms with Crippen LogP contribution in [0.5, 0.6) is 0 Å². The maximum Gasteiger partial charge on any atom is 0.250 e. The van der Waals surface area contributed by atoms with E-state index in [4.69, 9.17) is 0 Å². The van der Waals surface area contributed by atoms with Crippen LogP contribution < -0.4 is 10.1 Å². The number of benzene rings is 2. The third kappa shape index (κ3) is 6.03. The Morgan fingerprint density at radius 3 is 2.54 bits per heavy atom. The van der Waals surface area contributed by atoms with E-state index in [-0.39, 0.29) is 24.8 Å². The van der Waals surface area contributed by atoms with Gasteiger partial charge in [0.15, 0.2) is 4.80 Å². The first-order chi connectivity index (χ1) is 13.6. The minimum Gasteiger partial charge on any atom is -0.355 e. The van der Waals surface area contributed by atoms with Crippen molar-refractivity contribution in [2.75, 3.05) is 6.54 Å². The van der Waals surface area contributed by atoms with Crippen molar-refractivity contribution >= 4 is 23.2 Å². The zero-order valence-electron chi connectivity index (χ0n) is 15.8. The zero-order valence-corrected chi connectivity index (χ0v) is 16.6. The molecule has 0 atom stereocenters. The van der Waals surface area contributed by atoms with E-state index in [1.165, 1.54) is 16.9 Å². The maximum atomic E-state index is 12.2. The van der Waals surface area contributed by atoms with Crippen LogP contribution in [0.4, 0.5) is 0 Å². The lowest BCUT2D eigenvalue weighted by Gasteiger charge is -2.05. The van der Waals surface area contributed by atoms with Crippen LogP contribution in [0.15, 0.2) is 71.2 Å². The van der Waals surface area contributed by atoms with Crippen LogP contribution in [0.25, 0.3) is 0 Å². The van der Waals surface area contributed by atoms with E-state index in [2.05, 4.69) is 41.5 Å². The summed E-state index contributed by atoms with van der Waals surface area (Å²) in [5, 5.41) is 4.70. The first-order valence-corrected chi connectivity index (χ1v) is 10.1. The van der Waals surface area contributed by atoms with Gasteiger partial charge in [0, 0.05) is 31.1 Å². The second-order valence-corrected chi connectivity index (χ2v) is 7.44. The quantitative estimate of drug-likeness (QED) is 0.670. The third-order valence-electron chi connectivity index (χ3n) is 4.22. The van der Waals surface area contributed by atoms with Crippen LogP contribution in [-0.4, -0.2) is 22.9 Å². The Balaban J connectivity index is 1.51. The summed E-state index contributed by atoms with van der Waals surface area (Å²) in [6.45, 7) is 3.01. The third-order valence-corrected chi connectivity index (χ3v) is 5.02. The number of hydrogen-bond acceptors (Lipinski definition) is 3. The molecular weight excluding hydrogens is 370 g/mol. The molecule has 0 aliphatic heterocycles. The van der Waals surface area contributed by atoms with E-state index in [1.807, 2.05) is 46.5 Å². The topological polar surface area (TPSA) is 63.5 Å². The molecular formula is C22H23N3O2S. The summed E-state index contributed by atoms with van der Waals surface area (Å²) < 4.78 is 1.96. The molecule has 2 aromatic carbocycles. The van der Waals surface area contributed by atoms with E-state index in [0.29, 0.717) is 17.8 Å². The molecule has 28 heavy (non-hydrogen) atoms. The highest BCUT2D eigenvalue weighted by atomic mass is 32.1. The summed E-state index contributed by atoms with van der Waals surface area (Å²) in [6.07, 6.45) is 2.43. The van der Waals surface area contributed by atoms with Crippen LogP contribution in [0.1, 0.15) is 23.1 Å². The lowest BCUT2D eigenvalue weighted by molar-refractivity contribution is -0.120. The molecule has 0 radical (unpaired) electrons. The number of carbonyl (C=O) groups excluding carboxylic acids is 2. The fourth-order valence-corrected chi connectivity index (χ4v) is 3.46. The van der Waals surface area contributed by atoms with Crippen molar-refractivity contribution in [1.82, 2.24) is 9.88 Å². The summed E-state index contributed by atoms with van der Waals surface area (Å²) in [7, 11) is 0. The Kier molecular flexibility index (Phi) is 6.92. The number of hydrogen-bond donors (Lipinski definition) is 1. The van der Waals surface area contributed by atoms with Gasteiger partial charge in [0.1, 0.15) is 0 Å². The van der Waals surface area contributed by atoms with Gasteiger partial charge in [-0.05, 0) is 18.1 Å². The molecule has 0 saturated carbocycles. The van der Waals surface area contributed by atoms with Crippen molar-refractivity contribution in [2.45, 2.75) is 26.3 Å². The van der Waals surface area contributed by atoms with Gasteiger partial charge < -0.3 is 9.88 Å². The number of carbonyl (C=O) groups is 2. The molecule has 1 aromatic heterocycles. The standard InChI is InChI=1S/C22H23N3O2S/c1-17-7-9-19(10-8-17)16-25-13-14-28-22(25)24-20(26)11-12-23-21(27)15-18-5-3-2-4-6-18/h2-10,13-14H,11-12,15-16H2,1H3,(H,23,27). The van der Waals surface area contributed by atoms with E-state index in [9.17, 15) is 9.59 Å². The SMILES string of the molecule is Cc1ccc(Cn2ccsc2=NC(=O)CCNC(=O)Cc2ccccc2)cc1. The van der Waals surface area contributed by atoms with Crippen molar-refractivity contribution in [1.29, 1.82) is 0 Å². The number of thiazole rings is 1. The van der Waals surface area contributed by atoms with Crippen molar-refractivity contribution in [2.24, 2.45) is 4.99 Å². The molecule has 0 bridgehead atoms. The zero-order chi connectivity index (χ0) is 19.8. The molecule has 0 spiro atoms. The number of rotatable bonds is 7. The highest BCUT2D eigenvalue weighted by molar-refractivity contribution is 7.07. The van der Waals surface area contributed by atoms with E-state index < -0.39 is 0 Å². The van der Waals surface area contributed by atoms with Crippen LogP contribution in [0.3, 0.4) is 0 Å². The first-order valence-electron chi connectivity index (χ1n) is 9.18. The Morgan fingerprint density at radius 1 is 1.04 bits per heavy atom. The summed E-state index contributed by atoms with van der Waals surface area (Å²) in [5.74, 6) is -0.329. The van der Waals surface area contributed by atoms with Gasteiger partial charge in [0.25, 0.3) is 0 Å². The van der Waals surface area contributed by atoms with Crippen LogP contribution in [0, 0.1) is 6.92 Å². The fraction of sp³-hybridized carbons (Fsp3) is 0.227. The van der Waals surface area contributed by atoms with Gasteiger partial charge in [0.05, 0.1) is 6.42 Å². The highest BCUT2D eigenvalue weighted by Crippen LogP contribution is 2.05. The molecule has 5 nitrogen and oxygen atoms in total. The largest absolute Gasteiger partial charge is 0.355 e. The number of nitrogens with one attached hydrogen (secondary N) is 1. The molecule has 0 fully saturated rings. The second-order valence-electron chi connectivity index (χ2n) is 6.57. The van der Waals surface area contributed by atoms with Gasteiger partial charge in [-0.1, -0.05) is 60.2 Å². The predicted molar refractivity (Wildman–Crippen MR) is 111 cm³/mol. The van der Waals surface area contributed by atoms with Crippen LogP contribution in [-0.2, 0) is 22.6 Å². The van der Waals surface area contributed by atoms with Crippen molar-refractivity contribution in [3.05, 3.63) is 87.7 Å². The summed E-state index contributed by atoms with van der Waals surface area (Å²) in [6, 6.07) is 17.8. The second kappa shape index (κ2) is 9.80. The molecule has 0 unspecified atom stereocenters. The van der Waals surface area contributed by atoms with Crippen molar-refractivity contribution in [3.8, 4) is 0 Å². The highest BCUT2D eigenvalue weighted by Gasteiger charge is 2.06. The van der Waals surface area contributed by atoms with Gasteiger partial charge >= 0.3 is 0 Å². The van der Waals surface area contributed by atoms with E-state index in [1.54, 1.807) is 0 Å². The molecule has 6 heteroatoms. The average molecular weight is 394 g/mol. The summed E-state index contributed by atoms with van der Waals surface area (Å²) >= 11 is 1.43. The number of aromatic nitrogens is 1. The van der Waals surface area contributed by atoms with Gasteiger partial charge in [-0.2, -0.15) is 4.99 Å². The molecule has 0 aliphatic rings. The molecule has 2 amide bonds. The number of aryl methyl sites for hydroxylation is 1. The van der Waals surface area contributed by atoms with Crippen LogP contribution in [0.2, 0.25) is 0 Å². The average Bonchev–Trinajstić information content (AvgIpc) is 3.11. The molecule has 3 rings (SSSR count). The Hall–Kier alpha value is -2.99. The minimum absolute atomic E-state index is 0.0930. The molecule has 1 heterocycles. The molecule has 1 N–H and O–H groups in total. The summed E-state index contributed by atoms with van der Waals surface area (Å²) in [5.41, 5.74) is 3.33. The minimum atomic E-state index is -0.236. The molecule has 0 saturated heterocycles. The predicted octanol–water partition coefficient (Wildman–Crippen LogP) is 3.08. The molecule has 3 aromatic rings. The Bertz CT molecular complexity index is 988. The monoisotopic (exact) mass is 393 g/mol. The van der Waals surface area contributed by atoms with E-state index in [0.717, 1.165) is 11.1 Å². The normalized spacial score (nSPS) is 11.4. The van der Waals surface area contributed by atoms with Crippen LogP contribution >= 0.6 is 11.3 Å². The van der Waals surface area contributed by atoms with Gasteiger partial charge in [-0.3, -0.25) is 9.59 Å². The summed E-state index contributed by atoms with van der Waals surface area (Å²) in [4.78, 5) is 29.0. The Morgan fingerprint density at radius 2 is 1.79 bits per heavy atom. The van der Waals surface area contributed by atoms with Gasteiger partial charge in [0.2, 0.25) is 11.8 Å². The van der Waals surface area contributed by atoms with Gasteiger partial charge in [-0.15, -0.1) is 11.3 Å². The molecule has 0 aliphatic carbocycles. The number of nitrogens with zero attached hydrogens (tertiary/aromatic N) is 2. The molecule has 144 valence electrons. The first kappa shape index (κ1) is 19.8. The van der Waals surface area contributed by atoms with Gasteiger partial charge in [-0.25, -0.2) is 0 Å². The lowest BCUT2D eigenvalue weighted by Crippen LogP contribution is -2.27. The van der Waals surface area contributed by atoms with E-state index >= 15 is 0 Å². The van der Waals surface area contributed by atoms with Crippen molar-refractivity contribution in [3.63, 3.8) is 0 Å². The maximum absolute atomic E-state index is 12.2. The number of amides is 2. The Labute approximate surface area is 168 Å². The lowest BCUT2D eigenvalue weighted by atomic mass is 10.1. The fourth-order valence-electron chi connectivity index (χ4n) is 2.71. The van der Waals surface area contributed by atoms with Crippen molar-refractivity contribution < 1.29 is 9.59 Å².